The van der Waals surface area contributed by atoms with E-state index >= 15 is 0 Å². The summed E-state index contributed by atoms with van der Waals surface area (Å²) in [5, 5.41) is 19.1. The van der Waals surface area contributed by atoms with Crippen molar-refractivity contribution in [2.45, 2.75) is 13.8 Å². The zero-order valence-electron chi connectivity index (χ0n) is 10.0. The van der Waals surface area contributed by atoms with Crippen LogP contribution >= 0.6 is 0 Å². The van der Waals surface area contributed by atoms with Gasteiger partial charge in [0.2, 0.25) is 0 Å². The van der Waals surface area contributed by atoms with E-state index in [0.717, 1.165) is 6.08 Å². The average Bonchev–Trinajstić information content (AvgIpc) is 2.26. The molecule has 1 aromatic rings. The third-order valence-corrected chi connectivity index (χ3v) is 2.19. The Kier molecular flexibility index (Phi) is 4.42. The largest absolute Gasteiger partial charge is 0.489 e. The minimum Gasteiger partial charge on any atom is -0.489 e. The predicted molar refractivity (Wildman–Crippen MR) is 64.7 cm³/mol. The molecule has 96 valence electrons. The number of carboxylic acid groups (broad SMARTS) is 1. The highest BCUT2D eigenvalue weighted by Gasteiger charge is 2.08. The number of carbonyl (C=O) groups is 1. The fourth-order valence-electron chi connectivity index (χ4n) is 1.35. The number of aryl methyl sites for hydroxylation is 1. The van der Waals surface area contributed by atoms with Crippen molar-refractivity contribution in [3.8, 4) is 5.75 Å². The van der Waals surface area contributed by atoms with Gasteiger partial charge in [0.25, 0.3) is 5.69 Å². The molecule has 6 nitrogen and oxygen atoms in total. The summed E-state index contributed by atoms with van der Waals surface area (Å²) < 4.78 is 5.38. The zero-order valence-corrected chi connectivity index (χ0v) is 10.0. The van der Waals surface area contributed by atoms with Crippen LogP contribution in [0.2, 0.25) is 0 Å². The number of carboxylic acids is 1. The van der Waals surface area contributed by atoms with E-state index in [0.29, 0.717) is 16.9 Å². The molecule has 0 radical (unpaired) electrons. The van der Waals surface area contributed by atoms with Crippen LogP contribution in [0.4, 0.5) is 5.69 Å². The molecule has 0 fully saturated rings. The van der Waals surface area contributed by atoms with Gasteiger partial charge in [0.05, 0.1) is 4.92 Å². The van der Waals surface area contributed by atoms with Gasteiger partial charge in [0.15, 0.2) is 0 Å². The van der Waals surface area contributed by atoms with E-state index in [1.807, 2.05) is 0 Å². The smallest absolute Gasteiger partial charge is 0.328 e. The number of non-ortho nitro benzene ring substituents is 1. The molecule has 0 saturated heterocycles. The number of hydrogen-bond donors (Lipinski definition) is 1. The maximum Gasteiger partial charge on any atom is 0.328 e. The number of nitrogens with zero attached hydrogens (tertiary/aromatic N) is 1. The lowest BCUT2D eigenvalue weighted by atomic mass is 10.2. The molecule has 0 amide bonds. The highest BCUT2D eigenvalue weighted by atomic mass is 16.6. The Morgan fingerprint density at radius 2 is 2.22 bits per heavy atom. The maximum atomic E-state index is 10.5. The Hall–Kier alpha value is -2.37. The molecule has 0 heterocycles. The summed E-state index contributed by atoms with van der Waals surface area (Å²) in [6.45, 7) is 3.46. The third kappa shape index (κ3) is 3.89. The molecule has 0 aliphatic carbocycles. The first-order chi connectivity index (χ1) is 8.40. The lowest BCUT2D eigenvalue weighted by Gasteiger charge is -2.08. The second-order valence-corrected chi connectivity index (χ2v) is 3.82. The number of nitro benzene ring substituents is 1. The highest BCUT2D eigenvalue weighted by molar-refractivity contribution is 5.80. The normalized spacial score (nSPS) is 11.1. The van der Waals surface area contributed by atoms with Crippen LogP contribution in [0.15, 0.2) is 29.8 Å². The van der Waals surface area contributed by atoms with Crippen LogP contribution in [0.3, 0.4) is 0 Å². The van der Waals surface area contributed by atoms with Crippen LogP contribution in [0.1, 0.15) is 12.5 Å². The van der Waals surface area contributed by atoms with Crippen molar-refractivity contribution in [2.75, 3.05) is 6.61 Å². The lowest BCUT2D eigenvalue weighted by molar-refractivity contribution is -0.384. The van der Waals surface area contributed by atoms with Crippen molar-refractivity contribution in [1.29, 1.82) is 0 Å². The molecule has 1 N–H and O–H groups in total. The zero-order chi connectivity index (χ0) is 13.7. The predicted octanol–water partition coefficient (Wildman–Crippen LogP) is 2.31. The van der Waals surface area contributed by atoms with Crippen LogP contribution in [0.5, 0.6) is 5.75 Å². The van der Waals surface area contributed by atoms with Gasteiger partial charge in [-0.3, -0.25) is 10.1 Å². The Morgan fingerprint density at radius 3 is 2.72 bits per heavy atom. The lowest BCUT2D eigenvalue weighted by Crippen LogP contribution is -2.02. The summed E-state index contributed by atoms with van der Waals surface area (Å²) in [7, 11) is 0. The van der Waals surface area contributed by atoms with Gasteiger partial charge >= 0.3 is 5.97 Å². The molecule has 6 heteroatoms. The topological polar surface area (TPSA) is 89.7 Å². The van der Waals surface area contributed by atoms with Crippen molar-refractivity contribution in [3.05, 3.63) is 45.5 Å². The quantitative estimate of drug-likeness (QED) is 0.492. The number of benzene rings is 1. The van der Waals surface area contributed by atoms with Gasteiger partial charge in [0.1, 0.15) is 12.4 Å². The molecule has 0 spiro atoms. The molecule has 0 bridgehead atoms. The van der Waals surface area contributed by atoms with Gasteiger partial charge in [0, 0.05) is 18.2 Å². The molecule has 1 aromatic carbocycles. The molecular weight excluding hydrogens is 238 g/mol. The van der Waals surface area contributed by atoms with E-state index in [9.17, 15) is 14.9 Å². The van der Waals surface area contributed by atoms with Gasteiger partial charge in [-0.2, -0.15) is 0 Å². The fraction of sp³-hybridized carbons (Fsp3) is 0.250. The van der Waals surface area contributed by atoms with Crippen molar-refractivity contribution in [2.24, 2.45) is 0 Å². The van der Waals surface area contributed by atoms with E-state index in [1.165, 1.54) is 18.2 Å². The maximum absolute atomic E-state index is 10.5. The monoisotopic (exact) mass is 251 g/mol. The first-order valence-corrected chi connectivity index (χ1v) is 5.18. The molecule has 0 atom stereocenters. The molecule has 18 heavy (non-hydrogen) atoms. The van der Waals surface area contributed by atoms with Crippen molar-refractivity contribution >= 4 is 11.7 Å². The van der Waals surface area contributed by atoms with E-state index in [1.54, 1.807) is 13.8 Å². The van der Waals surface area contributed by atoms with E-state index in [2.05, 4.69) is 0 Å². The van der Waals surface area contributed by atoms with E-state index in [-0.39, 0.29) is 12.3 Å². The molecule has 1 rings (SSSR count). The van der Waals surface area contributed by atoms with Crippen LogP contribution in [0.25, 0.3) is 0 Å². The first-order valence-electron chi connectivity index (χ1n) is 5.18. The van der Waals surface area contributed by atoms with Crippen molar-refractivity contribution in [1.82, 2.24) is 0 Å². The van der Waals surface area contributed by atoms with E-state index < -0.39 is 10.9 Å². The van der Waals surface area contributed by atoms with Gasteiger partial charge in [-0.1, -0.05) is 0 Å². The molecule has 0 aliphatic heterocycles. The Labute approximate surface area is 104 Å². The molecule has 0 aliphatic rings. The number of nitro groups is 1. The van der Waals surface area contributed by atoms with Gasteiger partial charge < -0.3 is 9.84 Å². The summed E-state index contributed by atoms with van der Waals surface area (Å²) >= 11 is 0. The van der Waals surface area contributed by atoms with E-state index in [4.69, 9.17) is 9.84 Å². The third-order valence-electron chi connectivity index (χ3n) is 2.19. The minimum absolute atomic E-state index is 0.00218. The fourth-order valence-corrected chi connectivity index (χ4v) is 1.35. The second-order valence-electron chi connectivity index (χ2n) is 3.82. The number of hydrogen-bond acceptors (Lipinski definition) is 4. The van der Waals surface area contributed by atoms with Crippen LogP contribution in [0, 0.1) is 17.0 Å². The number of aliphatic carboxylic acids is 1. The molecule has 0 aromatic heterocycles. The second kappa shape index (κ2) is 5.81. The summed E-state index contributed by atoms with van der Waals surface area (Å²) in [5.41, 5.74) is 1.19. The van der Waals surface area contributed by atoms with Crippen molar-refractivity contribution in [3.63, 3.8) is 0 Å². The summed E-state index contributed by atoms with van der Waals surface area (Å²) in [4.78, 5) is 20.5. The summed E-state index contributed by atoms with van der Waals surface area (Å²) in [5.74, 6) is -0.532. The standard InChI is InChI=1S/C12H13NO5/c1-8(5-12(14)15)7-18-11-4-3-10(13(16)17)6-9(11)2/h3-6H,7H2,1-2H3,(H,14,15)/b8-5-. The first kappa shape index (κ1) is 13.7. The van der Waals surface area contributed by atoms with Crippen LogP contribution in [-0.4, -0.2) is 22.6 Å². The highest BCUT2D eigenvalue weighted by Crippen LogP contribution is 2.23. The molecular formula is C12H13NO5. The van der Waals surface area contributed by atoms with Gasteiger partial charge in [-0.25, -0.2) is 4.79 Å². The van der Waals surface area contributed by atoms with Crippen LogP contribution < -0.4 is 4.74 Å². The SMILES string of the molecule is C/C(=C/C(=O)O)COc1ccc([N+](=O)[O-])cc1C. The average molecular weight is 251 g/mol. The Bertz CT molecular complexity index is 507. The van der Waals surface area contributed by atoms with Gasteiger partial charge in [-0.05, 0) is 31.1 Å². The number of rotatable bonds is 5. The van der Waals surface area contributed by atoms with Crippen molar-refractivity contribution < 1.29 is 19.6 Å². The molecule has 0 unspecified atom stereocenters. The Balaban J connectivity index is 2.75. The van der Waals surface area contributed by atoms with Crippen LogP contribution in [-0.2, 0) is 4.79 Å². The summed E-state index contributed by atoms with van der Waals surface area (Å²) in [6, 6.07) is 4.26. The molecule has 0 saturated carbocycles. The minimum atomic E-state index is -1.03. The summed E-state index contributed by atoms with van der Waals surface area (Å²) in [6.07, 6.45) is 1.06. The number of ether oxygens (including phenoxy) is 1. The van der Waals surface area contributed by atoms with Gasteiger partial charge in [-0.15, -0.1) is 0 Å². The Morgan fingerprint density at radius 1 is 1.56 bits per heavy atom.